The fourth-order valence-corrected chi connectivity index (χ4v) is 3.86. The number of carbonyl (C=O) groups excluding carboxylic acids is 2. The van der Waals surface area contributed by atoms with Crippen molar-refractivity contribution in [3.8, 4) is 0 Å². The van der Waals surface area contributed by atoms with E-state index in [1.54, 1.807) is 48.5 Å². The van der Waals surface area contributed by atoms with Gasteiger partial charge in [0.1, 0.15) is 0 Å². The highest BCUT2D eigenvalue weighted by molar-refractivity contribution is 7.89. The molecule has 0 saturated carbocycles. The third-order valence-corrected chi connectivity index (χ3v) is 6.12. The Kier molecular flexibility index (Phi) is 6.66. The van der Waals surface area contributed by atoms with Crippen LogP contribution in [0.3, 0.4) is 0 Å². The average Bonchev–Trinajstić information content (AvgIpc) is 2.74. The molecular formula is C22H19ClN2O4S. The Labute approximate surface area is 179 Å². The zero-order valence-electron chi connectivity index (χ0n) is 16.1. The summed E-state index contributed by atoms with van der Waals surface area (Å²) in [4.78, 5) is 23.7. The van der Waals surface area contributed by atoms with E-state index in [0.29, 0.717) is 27.4 Å². The molecule has 0 radical (unpaired) electrons. The van der Waals surface area contributed by atoms with Crippen LogP contribution in [-0.2, 0) is 16.6 Å². The number of nitrogens with one attached hydrogen (secondary N) is 2. The highest BCUT2D eigenvalue weighted by atomic mass is 35.5. The van der Waals surface area contributed by atoms with Gasteiger partial charge in [0.05, 0.1) is 15.6 Å². The van der Waals surface area contributed by atoms with Crippen LogP contribution in [0.25, 0.3) is 0 Å². The molecule has 0 bridgehead atoms. The van der Waals surface area contributed by atoms with E-state index >= 15 is 0 Å². The maximum Gasteiger partial charge on any atom is 0.255 e. The fourth-order valence-electron chi connectivity index (χ4n) is 2.66. The monoisotopic (exact) mass is 442 g/mol. The molecule has 0 unspecified atom stereocenters. The molecule has 0 aliphatic rings. The lowest BCUT2D eigenvalue weighted by Crippen LogP contribution is -2.23. The minimum Gasteiger partial charge on any atom is -0.321 e. The summed E-state index contributed by atoms with van der Waals surface area (Å²) in [6, 6.07) is 19.2. The topological polar surface area (TPSA) is 92.3 Å². The van der Waals surface area contributed by atoms with E-state index in [4.69, 9.17) is 11.6 Å². The van der Waals surface area contributed by atoms with Crippen molar-refractivity contribution in [1.82, 2.24) is 4.72 Å². The molecular weight excluding hydrogens is 424 g/mol. The summed E-state index contributed by atoms with van der Waals surface area (Å²) in [7, 11) is -3.73. The first-order valence-corrected chi connectivity index (χ1v) is 10.9. The number of Topliss-reactive ketones (excluding diaryl/α,β-unsaturated/α-hetero) is 1. The van der Waals surface area contributed by atoms with Gasteiger partial charge in [0.15, 0.2) is 5.78 Å². The highest BCUT2D eigenvalue weighted by Crippen LogP contribution is 2.21. The predicted molar refractivity (Wildman–Crippen MR) is 116 cm³/mol. The number of rotatable bonds is 7. The number of hydrogen-bond donors (Lipinski definition) is 2. The van der Waals surface area contributed by atoms with Crippen LogP contribution >= 0.6 is 11.6 Å². The molecule has 30 heavy (non-hydrogen) atoms. The third kappa shape index (κ3) is 5.33. The predicted octanol–water partition coefficient (Wildman–Crippen LogP) is 4.27. The second-order valence-electron chi connectivity index (χ2n) is 6.54. The fraction of sp³-hybridized carbons (Fsp3) is 0.0909. The zero-order valence-corrected chi connectivity index (χ0v) is 17.6. The first-order chi connectivity index (χ1) is 14.3. The molecule has 8 heteroatoms. The van der Waals surface area contributed by atoms with Gasteiger partial charge < -0.3 is 5.32 Å². The van der Waals surface area contributed by atoms with Crippen molar-refractivity contribution in [2.75, 3.05) is 5.32 Å². The number of sulfonamides is 1. The van der Waals surface area contributed by atoms with Gasteiger partial charge in [-0.25, -0.2) is 13.1 Å². The number of benzene rings is 3. The summed E-state index contributed by atoms with van der Waals surface area (Å²) >= 11 is 6.04. The lowest BCUT2D eigenvalue weighted by atomic mass is 10.1. The molecule has 0 aromatic heterocycles. The molecule has 0 heterocycles. The van der Waals surface area contributed by atoms with Gasteiger partial charge in [-0.15, -0.1) is 0 Å². The number of anilines is 1. The summed E-state index contributed by atoms with van der Waals surface area (Å²) < 4.78 is 27.4. The van der Waals surface area contributed by atoms with Crippen LogP contribution in [0, 0.1) is 0 Å². The number of halogens is 1. The van der Waals surface area contributed by atoms with Crippen molar-refractivity contribution in [2.24, 2.45) is 0 Å². The number of hydrogen-bond acceptors (Lipinski definition) is 4. The molecule has 0 spiro atoms. The molecule has 0 saturated heterocycles. The molecule has 3 rings (SSSR count). The van der Waals surface area contributed by atoms with Gasteiger partial charge in [-0.2, -0.15) is 0 Å². The average molecular weight is 443 g/mol. The van der Waals surface area contributed by atoms with Crippen molar-refractivity contribution in [3.63, 3.8) is 0 Å². The van der Waals surface area contributed by atoms with Crippen molar-refractivity contribution in [1.29, 1.82) is 0 Å². The summed E-state index contributed by atoms with van der Waals surface area (Å²) in [6.45, 7) is 1.48. The number of ketones is 1. The van der Waals surface area contributed by atoms with Crippen LogP contribution in [0.1, 0.15) is 33.2 Å². The first kappa shape index (κ1) is 21.7. The Morgan fingerprint density at radius 1 is 0.867 bits per heavy atom. The Balaban J connectivity index is 1.63. The molecule has 0 fully saturated rings. The van der Waals surface area contributed by atoms with E-state index in [1.165, 1.54) is 31.2 Å². The molecule has 154 valence electrons. The van der Waals surface area contributed by atoms with E-state index in [9.17, 15) is 18.0 Å². The zero-order chi connectivity index (χ0) is 21.7. The number of para-hydroxylation sites is 1. The summed E-state index contributed by atoms with van der Waals surface area (Å²) in [5.41, 5.74) is 2.06. The van der Waals surface area contributed by atoms with Crippen LogP contribution < -0.4 is 10.0 Å². The highest BCUT2D eigenvalue weighted by Gasteiger charge is 2.14. The van der Waals surface area contributed by atoms with E-state index in [1.807, 2.05) is 0 Å². The van der Waals surface area contributed by atoms with Gasteiger partial charge in [-0.05, 0) is 48.9 Å². The molecule has 6 nitrogen and oxygen atoms in total. The van der Waals surface area contributed by atoms with Crippen LogP contribution in [0.4, 0.5) is 5.69 Å². The molecule has 0 atom stereocenters. The van der Waals surface area contributed by atoms with E-state index < -0.39 is 10.0 Å². The third-order valence-electron chi connectivity index (χ3n) is 4.38. The molecule has 0 aliphatic carbocycles. The quantitative estimate of drug-likeness (QED) is 0.534. The molecule has 3 aromatic rings. The number of amides is 1. The van der Waals surface area contributed by atoms with Crippen LogP contribution in [0.5, 0.6) is 0 Å². The summed E-state index contributed by atoms with van der Waals surface area (Å²) in [5.74, 6) is -0.452. The minimum absolute atomic E-state index is 0.0587. The normalized spacial score (nSPS) is 11.1. The Morgan fingerprint density at radius 3 is 2.07 bits per heavy atom. The standard InChI is InChI=1S/C22H19ClN2O4S/c1-15(26)17-10-12-19(13-11-17)30(28,29)24-14-16-6-8-18(9-7-16)22(27)25-21-5-3-2-4-20(21)23/h2-13,24H,14H2,1H3,(H,25,27). The van der Waals surface area contributed by atoms with Crippen LogP contribution in [0.2, 0.25) is 5.02 Å². The van der Waals surface area contributed by atoms with E-state index in [0.717, 1.165) is 0 Å². The minimum atomic E-state index is -3.73. The van der Waals surface area contributed by atoms with E-state index in [2.05, 4.69) is 10.0 Å². The van der Waals surface area contributed by atoms with Gasteiger partial charge in [0.25, 0.3) is 5.91 Å². The van der Waals surface area contributed by atoms with E-state index in [-0.39, 0.29) is 23.1 Å². The second kappa shape index (κ2) is 9.21. The maximum atomic E-state index is 12.4. The molecule has 2 N–H and O–H groups in total. The first-order valence-electron chi connectivity index (χ1n) is 9.02. The molecule has 0 aliphatic heterocycles. The molecule has 3 aromatic carbocycles. The molecule has 1 amide bonds. The SMILES string of the molecule is CC(=O)c1ccc(S(=O)(=O)NCc2ccc(C(=O)Nc3ccccc3Cl)cc2)cc1. The van der Waals surface area contributed by atoms with Crippen molar-refractivity contribution >= 4 is 39.0 Å². The van der Waals surface area contributed by atoms with Crippen LogP contribution in [-0.4, -0.2) is 20.1 Å². The Bertz CT molecular complexity index is 1170. The lowest BCUT2D eigenvalue weighted by Gasteiger charge is -2.09. The summed E-state index contributed by atoms with van der Waals surface area (Å²) in [5, 5.41) is 3.17. The second-order valence-corrected chi connectivity index (χ2v) is 8.71. The lowest BCUT2D eigenvalue weighted by molar-refractivity contribution is 0.101. The maximum absolute atomic E-state index is 12.4. The Morgan fingerprint density at radius 2 is 1.47 bits per heavy atom. The smallest absolute Gasteiger partial charge is 0.255 e. The summed E-state index contributed by atoms with van der Waals surface area (Å²) in [6.07, 6.45) is 0. The van der Waals surface area contributed by atoms with Gasteiger partial charge in [0, 0.05) is 17.7 Å². The largest absolute Gasteiger partial charge is 0.321 e. The number of carbonyl (C=O) groups is 2. The van der Waals surface area contributed by atoms with Crippen molar-refractivity contribution in [2.45, 2.75) is 18.4 Å². The van der Waals surface area contributed by atoms with Gasteiger partial charge in [0.2, 0.25) is 10.0 Å². The van der Waals surface area contributed by atoms with Crippen molar-refractivity contribution < 1.29 is 18.0 Å². The van der Waals surface area contributed by atoms with Gasteiger partial charge in [-0.3, -0.25) is 9.59 Å². The Hall–Kier alpha value is -3.00. The van der Waals surface area contributed by atoms with Gasteiger partial charge >= 0.3 is 0 Å². The van der Waals surface area contributed by atoms with Crippen LogP contribution in [0.15, 0.2) is 77.7 Å². The van der Waals surface area contributed by atoms with Crippen molar-refractivity contribution in [3.05, 3.63) is 94.5 Å². The van der Waals surface area contributed by atoms with Gasteiger partial charge in [-0.1, -0.05) is 48.0 Å².